The highest BCUT2D eigenvalue weighted by molar-refractivity contribution is 7.10. The third kappa shape index (κ3) is 3.16. The van der Waals surface area contributed by atoms with Gasteiger partial charge in [0.2, 0.25) is 0 Å². The molecular weight excluding hydrogens is 198 g/mol. The summed E-state index contributed by atoms with van der Waals surface area (Å²) in [4.78, 5) is 2.12. The van der Waals surface area contributed by atoms with Crippen molar-refractivity contribution in [1.82, 2.24) is 4.37 Å². The Labute approximate surface area is 88.5 Å². The molecule has 4 nitrogen and oxygen atoms in total. The van der Waals surface area contributed by atoms with Crippen LogP contribution in [-0.2, 0) is 0 Å². The molecule has 1 rings (SSSR count). The molecule has 14 heavy (non-hydrogen) atoms. The van der Waals surface area contributed by atoms with E-state index in [4.69, 9.17) is 10.8 Å². The molecule has 0 radical (unpaired) electrons. The summed E-state index contributed by atoms with van der Waals surface area (Å²) in [5.74, 6) is 0.560. The number of nitrogens with two attached hydrogens (primary N) is 1. The molecule has 0 fully saturated rings. The van der Waals surface area contributed by atoms with E-state index < -0.39 is 0 Å². The summed E-state index contributed by atoms with van der Waals surface area (Å²) in [5, 5.41) is 9.96. The van der Waals surface area contributed by atoms with Crippen LogP contribution in [0.5, 0.6) is 0 Å². The summed E-state index contributed by atoms with van der Waals surface area (Å²) in [6.45, 7) is 3.93. The Morgan fingerprint density at radius 2 is 2.36 bits per heavy atom. The molecule has 5 heteroatoms. The molecule has 0 aromatic carbocycles. The molecule has 0 aliphatic rings. The van der Waals surface area contributed by atoms with E-state index in [1.165, 1.54) is 11.5 Å². The predicted molar refractivity (Wildman–Crippen MR) is 60.7 cm³/mol. The first-order chi connectivity index (χ1) is 6.77. The van der Waals surface area contributed by atoms with Crippen LogP contribution in [0.4, 0.5) is 10.8 Å². The first kappa shape index (κ1) is 11.3. The number of anilines is 2. The fourth-order valence-electron chi connectivity index (χ4n) is 1.23. The van der Waals surface area contributed by atoms with Gasteiger partial charge in [-0.05, 0) is 18.0 Å². The molecule has 80 valence electrons. The van der Waals surface area contributed by atoms with Crippen molar-refractivity contribution >= 4 is 22.4 Å². The number of aliphatic hydroxyl groups excluding tert-OH is 1. The van der Waals surface area contributed by atoms with Gasteiger partial charge in [0.15, 0.2) is 0 Å². The molecule has 1 aromatic rings. The van der Waals surface area contributed by atoms with Gasteiger partial charge < -0.3 is 15.7 Å². The van der Waals surface area contributed by atoms with Crippen molar-refractivity contribution in [1.29, 1.82) is 0 Å². The fourth-order valence-corrected chi connectivity index (χ4v) is 1.95. The van der Waals surface area contributed by atoms with Crippen molar-refractivity contribution in [2.75, 3.05) is 30.3 Å². The number of unbranched alkanes of at least 4 members (excludes halogenated alkanes) is 1. The number of aromatic nitrogens is 1. The SMILES string of the molecule is CCCCN(CCO)c1cc(N)ns1. The number of aliphatic hydroxyl groups is 1. The van der Waals surface area contributed by atoms with Crippen LogP contribution in [0.3, 0.4) is 0 Å². The predicted octanol–water partition coefficient (Wildman–Crippen LogP) is 1.32. The summed E-state index contributed by atoms with van der Waals surface area (Å²) in [7, 11) is 0. The summed E-state index contributed by atoms with van der Waals surface area (Å²) in [6.07, 6.45) is 2.27. The molecule has 1 aromatic heterocycles. The second kappa shape index (κ2) is 5.82. The van der Waals surface area contributed by atoms with Crippen LogP contribution in [0.2, 0.25) is 0 Å². The standard InChI is InChI=1S/C9H17N3OS/c1-2-3-4-12(5-6-13)9-7-8(10)11-14-9/h7,13H,2-6H2,1H3,(H2,10,11). The zero-order chi connectivity index (χ0) is 10.4. The highest BCUT2D eigenvalue weighted by atomic mass is 32.1. The minimum absolute atomic E-state index is 0.168. The Bertz CT molecular complexity index is 264. The Morgan fingerprint density at radius 3 is 2.86 bits per heavy atom. The Balaban J connectivity index is 2.57. The van der Waals surface area contributed by atoms with Gasteiger partial charge in [0.05, 0.1) is 6.61 Å². The van der Waals surface area contributed by atoms with E-state index in [1.54, 1.807) is 0 Å². The molecule has 0 aliphatic heterocycles. The van der Waals surface area contributed by atoms with E-state index in [2.05, 4.69) is 16.2 Å². The highest BCUT2D eigenvalue weighted by Crippen LogP contribution is 2.22. The minimum atomic E-state index is 0.168. The molecule has 0 atom stereocenters. The first-order valence-corrected chi connectivity index (χ1v) is 5.63. The number of nitrogen functional groups attached to an aromatic ring is 1. The summed E-state index contributed by atoms with van der Waals surface area (Å²) in [6, 6.07) is 1.86. The molecule has 0 bridgehead atoms. The lowest BCUT2D eigenvalue weighted by Crippen LogP contribution is -2.26. The lowest BCUT2D eigenvalue weighted by Gasteiger charge is -2.20. The van der Waals surface area contributed by atoms with Gasteiger partial charge in [-0.3, -0.25) is 0 Å². The van der Waals surface area contributed by atoms with Crippen molar-refractivity contribution in [3.8, 4) is 0 Å². The van der Waals surface area contributed by atoms with E-state index in [0.717, 1.165) is 24.4 Å². The number of nitrogens with zero attached hydrogens (tertiary/aromatic N) is 2. The number of rotatable bonds is 6. The van der Waals surface area contributed by atoms with Crippen LogP contribution in [0.25, 0.3) is 0 Å². The van der Waals surface area contributed by atoms with Crippen molar-refractivity contribution in [2.24, 2.45) is 0 Å². The average molecular weight is 215 g/mol. The summed E-state index contributed by atoms with van der Waals surface area (Å²) < 4.78 is 4.02. The van der Waals surface area contributed by atoms with E-state index in [1.807, 2.05) is 6.07 Å². The molecule has 0 aliphatic carbocycles. The van der Waals surface area contributed by atoms with Crippen molar-refractivity contribution < 1.29 is 5.11 Å². The third-order valence-electron chi connectivity index (χ3n) is 1.98. The Kier molecular flexibility index (Phi) is 4.69. The van der Waals surface area contributed by atoms with Gasteiger partial charge in [0.25, 0.3) is 0 Å². The zero-order valence-electron chi connectivity index (χ0n) is 8.44. The van der Waals surface area contributed by atoms with E-state index in [0.29, 0.717) is 12.4 Å². The Hall–Kier alpha value is -0.810. The number of hydrogen-bond acceptors (Lipinski definition) is 5. The van der Waals surface area contributed by atoms with Crippen molar-refractivity contribution in [3.63, 3.8) is 0 Å². The van der Waals surface area contributed by atoms with Gasteiger partial charge in [-0.25, -0.2) is 0 Å². The van der Waals surface area contributed by atoms with Gasteiger partial charge in [-0.15, -0.1) is 0 Å². The topological polar surface area (TPSA) is 62.4 Å². The van der Waals surface area contributed by atoms with Crippen LogP contribution in [0.15, 0.2) is 6.07 Å². The second-order valence-corrected chi connectivity index (χ2v) is 3.94. The molecule has 3 N–H and O–H groups in total. The van der Waals surface area contributed by atoms with Gasteiger partial charge in [-0.2, -0.15) is 4.37 Å². The maximum atomic E-state index is 8.92. The minimum Gasteiger partial charge on any atom is -0.395 e. The maximum Gasteiger partial charge on any atom is 0.139 e. The van der Waals surface area contributed by atoms with E-state index >= 15 is 0 Å². The van der Waals surface area contributed by atoms with E-state index in [-0.39, 0.29) is 6.61 Å². The van der Waals surface area contributed by atoms with Crippen LogP contribution in [0.1, 0.15) is 19.8 Å². The van der Waals surface area contributed by atoms with Gasteiger partial charge >= 0.3 is 0 Å². The molecule has 0 saturated heterocycles. The van der Waals surface area contributed by atoms with Crippen LogP contribution in [0, 0.1) is 0 Å². The largest absolute Gasteiger partial charge is 0.395 e. The van der Waals surface area contributed by atoms with Crippen LogP contribution in [-0.4, -0.2) is 29.2 Å². The molecule has 0 amide bonds. The maximum absolute atomic E-state index is 8.92. The van der Waals surface area contributed by atoms with Gasteiger partial charge in [0.1, 0.15) is 10.8 Å². The molecule has 0 saturated carbocycles. The molecule has 1 heterocycles. The fraction of sp³-hybridized carbons (Fsp3) is 0.667. The van der Waals surface area contributed by atoms with Crippen LogP contribution >= 0.6 is 11.5 Å². The van der Waals surface area contributed by atoms with Crippen LogP contribution < -0.4 is 10.6 Å². The van der Waals surface area contributed by atoms with E-state index in [9.17, 15) is 0 Å². The third-order valence-corrected chi connectivity index (χ3v) is 2.84. The average Bonchev–Trinajstić information content (AvgIpc) is 2.59. The smallest absolute Gasteiger partial charge is 0.139 e. The molecule has 0 unspecified atom stereocenters. The zero-order valence-corrected chi connectivity index (χ0v) is 9.26. The van der Waals surface area contributed by atoms with Crippen molar-refractivity contribution in [3.05, 3.63) is 6.07 Å². The van der Waals surface area contributed by atoms with Gasteiger partial charge in [-0.1, -0.05) is 13.3 Å². The summed E-state index contributed by atoms with van der Waals surface area (Å²) in [5.41, 5.74) is 5.55. The lowest BCUT2D eigenvalue weighted by atomic mass is 10.3. The first-order valence-electron chi connectivity index (χ1n) is 4.86. The monoisotopic (exact) mass is 215 g/mol. The second-order valence-electron chi connectivity index (χ2n) is 3.15. The normalized spacial score (nSPS) is 10.4. The summed E-state index contributed by atoms with van der Waals surface area (Å²) >= 11 is 1.39. The Morgan fingerprint density at radius 1 is 1.57 bits per heavy atom. The molecular formula is C9H17N3OS. The lowest BCUT2D eigenvalue weighted by molar-refractivity contribution is 0.302. The van der Waals surface area contributed by atoms with Gasteiger partial charge in [0, 0.05) is 19.2 Å². The highest BCUT2D eigenvalue weighted by Gasteiger charge is 2.08. The quantitative estimate of drug-likeness (QED) is 0.751. The van der Waals surface area contributed by atoms with Crippen molar-refractivity contribution in [2.45, 2.75) is 19.8 Å². The number of hydrogen-bond donors (Lipinski definition) is 2. The molecule has 0 spiro atoms.